The molecule has 9 heteroatoms. The largest absolute Gasteiger partial charge is 0.330 e. The summed E-state index contributed by atoms with van der Waals surface area (Å²) in [6, 6.07) is 10.2. The van der Waals surface area contributed by atoms with Crippen LogP contribution in [0.4, 0.5) is 0 Å². The molecule has 6 aromatic heterocycles. The fourth-order valence-corrected chi connectivity index (χ4v) is 4.64. The first-order chi connectivity index (χ1) is 15.1. The predicted molar refractivity (Wildman–Crippen MR) is 122 cm³/mol. The topological polar surface area (TPSA) is 101 Å². The number of hydrogen-bond acceptors (Lipinski definition) is 6. The van der Waals surface area contributed by atoms with Crippen LogP contribution in [0.15, 0.2) is 42.7 Å². The van der Waals surface area contributed by atoms with Crippen molar-refractivity contribution in [3.05, 3.63) is 53.4 Å². The fraction of sp³-hybridized carbons (Fsp3) is 0.136. The zero-order chi connectivity index (χ0) is 21.1. The minimum absolute atomic E-state index is 0.639. The van der Waals surface area contributed by atoms with Crippen molar-refractivity contribution in [2.24, 2.45) is 7.05 Å². The van der Waals surface area contributed by atoms with Crippen LogP contribution in [0.2, 0.25) is 0 Å². The number of hydrogen-bond donors (Lipinski definition) is 2. The number of rotatable bonds is 3. The molecule has 6 heterocycles. The van der Waals surface area contributed by atoms with Gasteiger partial charge in [-0.15, -0.1) is 11.3 Å². The number of fused-ring (bicyclic) bond motifs is 2. The van der Waals surface area contributed by atoms with Crippen LogP contribution in [0, 0.1) is 13.8 Å². The summed E-state index contributed by atoms with van der Waals surface area (Å²) in [5.41, 5.74) is 6.67. The van der Waals surface area contributed by atoms with E-state index in [2.05, 4.69) is 44.2 Å². The van der Waals surface area contributed by atoms with Crippen LogP contribution >= 0.6 is 11.3 Å². The van der Waals surface area contributed by atoms with Gasteiger partial charge in [-0.05, 0) is 44.2 Å². The highest BCUT2D eigenvalue weighted by atomic mass is 32.1. The van der Waals surface area contributed by atoms with Gasteiger partial charge >= 0.3 is 0 Å². The smallest absolute Gasteiger partial charge is 0.162 e. The van der Waals surface area contributed by atoms with Crippen molar-refractivity contribution in [1.82, 2.24) is 39.7 Å². The quantitative estimate of drug-likeness (QED) is 0.429. The number of aromatic amines is 2. The molecule has 152 valence electrons. The van der Waals surface area contributed by atoms with Crippen molar-refractivity contribution in [2.75, 3.05) is 0 Å². The first-order valence-electron chi connectivity index (χ1n) is 9.84. The lowest BCUT2D eigenvalue weighted by Crippen LogP contribution is -1.96. The molecule has 0 saturated heterocycles. The Bertz CT molecular complexity index is 1580. The molecule has 6 rings (SSSR count). The Morgan fingerprint density at radius 1 is 0.968 bits per heavy atom. The van der Waals surface area contributed by atoms with Gasteiger partial charge in [-0.25, -0.2) is 19.9 Å². The zero-order valence-electron chi connectivity index (χ0n) is 17.1. The molecule has 0 aliphatic carbocycles. The first kappa shape index (κ1) is 18.0. The van der Waals surface area contributed by atoms with E-state index in [1.807, 2.05) is 42.9 Å². The molecule has 8 nitrogen and oxygen atoms in total. The predicted octanol–water partition coefficient (Wildman–Crippen LogP) is 4.64. The highest BCUT2D eigenvalue weighted by molar-refractivity contribution is 7.15. The van der Waals surface area contributed by atoms with Crippen molar-refractivity contribution < 1.29 is 0 Å². The maximum Gasteiger partial charge on any atom is 0.162 e. The number of nitrogens with zero attached hydrogens (tertiary/aromatic N) is 6. The summed E-state index contributed by atoms with van der Waals surface area (Å²) in [7, 11) is 1.98. The van der Waals surface area contributed by atoms with E-state index in [-0.39, 0.29) is 0 Å². The summed E-state index contributed by atoms with van der Waals surface area (Å²) in [4.78, 5) is 24.4. The van der Waals surface area contributed by atoms with Gasteiger partial charge in [-0.2, -0.15) is 5.10 Å². The molecular formula is C22H18N8S. The van der Waals surface area contributed by atoms with Crippen LogP contribution in [0.5, 0.6) is 0 Å². The van der Waals surface area contributed by atoms with Crippen molar-refractivity contribution in [1.29, 1.82) is 0 Å². The fourth-order valence-electron chi connectivity index (χ4n) is 3.75. The second kappa shape index (κ2) is 6.58. The van der Waals surface area contributed by atoms with E-state index in [9.17, 15) is 0 Å². The average Bonchev–Trinajstić information content (AvgIpc) is 3.54. The third-order valence-corrected chi connectivity index (χ3v) is 6.54. The van der Waals surface area contributed by atoms with Crippen molar-refractivity contribution in [3.8, 4) is 33.3 Å². The normalized spacial score (nSPS) is 11.7. The summed E-state index contributed by atoms with van der Waals surface area (Å²) >= 11 is 1.74. The van der Waals surface area contributed by atoms with Gasteiger partial charge in [-0.3, -0.25) is 5.10 Å². The standard InChI is InChI=1S/C22H18N8S/c1-11-4-7-17(31-11)13-8-9-23-21-18(13)26-22(27-21)20-19-15(28-29-20)6-5-14(25-19)16-10-24-12(2)30(16)3/h4-10H,1-3H3,(H,28,29)(H,23,26,27). The maximum atomic E-state index is 4.88. The molecule has 6 aromatic rings. The number of H-pyrrole nitrogens is 2. The number of pyridine rings is 2. The third-order valence-electron chi connectivity index (χ3n) is 5.51. The van der Waals surface area contributed by atoms with Crippen LogP contribution in [0.1, 0.15) is 10.7 Å². The molecule has 0 fully saturated rings. The van der Waals surface area contributed by atoms with E-state index in [1.165, 1.54) is 9.75 Å². The second-order valence-electron chi connectivity index (χ2n) is 7.47. The lowest BCUT2D eigenvalue weighted by Gasteiger charge is -2.03. The van der Waals surface area contributed by atoms with Crippen LogP contribution in [-0.4, -0.2) is 39.7 Å². The molecule has 0 saturated carbocycles. The first-order valence-corrected chi connectivity index (χ1v) is 10.7. The Labute approximate surface area is 181 Å². The van der Waals surface area contributed by atoms with Gasteiger partial charge < -0.3 is 9.55 Å². The zero-order valence-corrected chi connectivity index (χ0v) is 17.9. The lowest BCUT2D eigenvalue weighted by molar-refractivity contribution is 0.862. The highest BCUT2D eigenvalue weighted by Gasteiger charge is 2.18. The van der Waals surface area contributed by atoms with E-state index < -0.39 is 0 Å². The summed E-state index contributed by atoms with van der Waals surface area (Å²) in [5, 5.41) is 7.57. The Morgan fingerprint density at radius 3 is 2.65 bits per heavy atom. The Balaban J connectivity index is 1.52. The summed E-state index contributed by atoms with van der Waals surface area (Å²) in [6.45, 7) is 4.07. The molecule has 0 unspecified atom stereocenters. The Morgan fingerprint density at radius 2 is 1.87 bits per heavy atom. The van der Waals surface area contributed by atoms with E-state index >= 15 is 0 Å². The number of nitrogens with one attached hydrogen (secondary N) is 2. The summed E-state index contributed by atoms with van der Waals surface area (Å²) in [6.07, 6.45) is 3.64. The van der Waals surface area contributed by atoms with Crippen LogP contribution in [0.3, 0.4) is 0 Å². The SMILES string of the molecule is Cc1ccc(-c2ccnc3[nH]c(-c4n[nH]c5ccc(-c6cnc(C)n6C)nc45)nc23)s1. The van der Waals surface area contributed by atoms with Crippen LogP contribution in [0.25, 0.3) is 55.5 Å². The molecule has 0 aromatic carbocycles. The highest BCUT2D eigenvalue weighted by Crippen LogP contribution is 2.34. The monoisotopic (exact) mass is 426 g/mol. The number of imidazole rings is 2. The summed E-state index contributed by atoms with van der Waals surface area (Å²) < 4.78 is 2.02. The number of aromatic nitrogens is 8. The van der Waals surface area contributed by atoms with E-state index in [1.54, 1.807) is 17.5 Å². The minimum atomic E-state index is 0.639. The third kappa shape index (κ3) is 2.77. The molecule has 0 bridgehead atoms. The maximum absolute atomic E-state index is 4.88. The molecule has 2 N–H and O–H groups in total. The Kier molecular flexibility index (Phi) is 3.81. The van der Waals surface area contributed by atoms with Gasteiger partial charge in [0, 0.05) is 28.6 Å². The molecule has 0 atom stereocenters. The van der Waals surface area contributed by atoms with E-state index in [0.717, 1.165) is 45.0 Å². The molecule has 31 heavy (non-hydrogen) atoms. The van der Waals surface area contributed by atoms with Crippen LogP contribution in [-0.2, 0) is 7.05 Å². The van der Waals surface area contributed by atoms with Crippen molar-refractivity contribution in [2.45, 2.75) is 13.8 Å². The molecule has 0 radical (unpaired) electrons. The van der Waals surface area contributed by atoms with Gasteiger partial charge in [-0.1, -0.05) is 0 Å². The van der Waals surface area contributed by atoms with E-state index in [4.69, 9.17) is 9.97 Å². The molecule has 0 aliphatic rings. The minimum Gasteiger partial charge on any atom is -0.330 e. The van der Waals surface area contributed by atoms with E-state index in [0.29, 0.717) is 11.5 Å². The lowest BCUT2D eigenvalue weighted by atomic mass is 10.2. The van der Waals surface area contributed by atoms with Gasteiger partial charge in [0.05, 0.1) is 23.1 Å². The van der Waals surface area contributed by atoms with Crippen LogP contribution < -0.4 is 0 Å². The van der Waals surface area contributed by atoms with Gasteiger partial charge in [0.15, 0.2) is 17.2 Å². The van der Waals surface area contributed by atoms with Crippen molar-refractivity contribution >= 4 is 33.5 Å². The van der Waals surface area contributed by atoms with Crippen molar-refractivity contribution in [3.63, 3.8) is 0 Å². The number of thiophene rings is 1. The molecular weight excluding hydrogens is 408 g/mol. The summed E-state index contributed by atoms with van der Waals surface area (Å²) in [5.74, 6) is 1.57. The Hall–Kier alpha value is -3.85. The van der Waals surface area contributed by atoms with Gasteiger partial charge in [0.2, 0.25) is 0 Å². The average molecular weight is 427 g/mol. The van der Waals surface area contributed by atoms with Gasteiger partial charge in [0.25, 0.3) is 0 Å². The number of aryl methyl sites for hydroxylation is 2. The second-order valence-corrected chi connectivity index (χ2v) is 8.75. The molecule has 0 aliphatic heterocycles. The molecule has 0 spiro atoms. The van der Waals surface area contributed by atoms with Gasteiger partial charge in [0.1, 0.15) is 16.9 Å². The molecule has 0 amide bonds.